The minimum absolute atomic E-state index is 0.279. The zero-order chi connectivity index (χ0) is 11.3. The summed E-state index contributed by atoms with van der Waals surface area (Å²) in [5, 5.41) is 3.05. The van der Waals surface area contributed by atoms with Gasteiger partial charge in [-0.3, -0.25) is 0 Å². The van der Waals surface area contributed by atoms with Crippen LogP contribution in [0.1, 0.15) is 18.6 Å². The molecule has 0 aliphatic carbocycles. The highest BCUT2D eigenvalue weighted by Crippen LogP contribution is 2.24. The lowest BCUT2D eigenvalue weighted by Gasteiger charge is -2.15. The number of benzene rings is 1. The Balaban J connectivity index is 2.85. The van der Waals surface area contributed by atoms with Gasteiger partial charge in [0, 0.05) is 24.4 Å². The van der Waals surface area contributed by atoms with Crippen LogP contribution in [0, 0.1) is 0 Å². The highest BCUT2D eigenvalue weighted by Gasteiger charge is 2.12. The van der Waals surface area contributed by atoms with Crippen LogP contribution in [-0.2, 0) is 9.53 Å². The number of carbonyl (C=O) groups excluding carboxylic acids is 1. The van der Waals surface area contributed by atoms with E-state index < -0.39 is 5.97 Å². The van der Waals surface area contributed by atoms with Crippen LogP contribution in [0.4, 0.5) is 5.69 Å². The number of hydrogen-bond acceptors (Lipinski definition) is 3. The molecule has 1 atom stereocenters. The Bertz CT molecular complexity index is 360. The molecule has 0 saturated carbocycles. The molecule has 0 aliphatic heterocycles. The third-order valence-electron chi connectivity index (χ3n) is 2.13. The summed E-state index contributed by atoms with van der Waals surface area (Å²) in [5.74, 6) is -0.409. The first-order valence-corrected chi connectivity index (χ1v) is 4.78. The van der Waals surface area contributed by atoms with Gasteiger partial charge in [-0.05, 0) is 13.0 Å². The molecule has 0 bridgehead atoms. The largest absolute Gasteiger partial charge is 0.455 e. The molecule has 0 radical (unpaired) electrons. The van der Waals surface area contributed by atoms with E-state index in [1.807, 2.05) is 38.2 Å². The Morgan fingerprint density at radius 3 is 2.80 bits per heavy atom. The van der Waals surface area contributed by atoms with Gasteiger partial charge < -0.3 is 10.1 Å². The zero-order valence-corrected chi connectivity index (χ0v) is 8.99. The molecule has 3 nitrogen and oxygen atoms in total. The van der Waals surface area contributed by atoms with E-state index in [4.69, 9.17) is 4.74 Å². The molecular formula is C12H15NO2. The quantitative estimate of drug-likeness (QED) is 0.606. The smallest absolute Gasteiger partial charge is 0.330 e. The molecule has 0 spiro atoms. The van der Waals surface area contributed by atoms with Crippen LogP contribution in [0.15, 0.2) is 36.9 Å². The van der Waals surface area contributed by atoms with Gasteiger partial charge in [-0.15, -0.1) is 0 Å². The zero-order valence-electron chi connectivity index (χ0n) is 8.99. The summed E-state index contributed by atoms with van der Waals surface area (Å²) in [6.07, 6.45) is 0.887. The lowest BCUT2D eigenvalue weighted by molar-refractivity contribution is -0.142. The number of ether oxygens (including phenoxy) is 1. The average molecular weight is 205 g/mol. The molecule has 1 N–H and O–H groups in total. The van der Waals surface area contributed by atoms with Gasteiger partial charge >= 0.3 is 5.97 Å². The van der Waals surface area contributed by atoms with E-state index >= 15 is 0 Å². The predicted molar refractivity (Wildman–Crippen MR) is 60.7 cm³/mol. The molecule has 0 fully saturated rings. The van der Waals surface area contributed by atoms with Gasteiger partial charge in [-0.25, -0.2) is 4.79 Å². The molecule has 3 heteroatoms. The van der Waals surface area contributed by atoms with E-state index in [1.54, 1.807) is 0 Å². The van der Waals surface area contributed by atoms with E-state index in [1.165, 1.54) is 6.08 Å². The standard InChI is InChI=1S/C12H15NO2/c1-4-12(14)15-9(2)10-7-5-6-8-11(10)13-3/h4-9,13H,1H2,2-3H3. The SMILES string of the molecule is C=CC(=O)OC(C)c1ccccc1NC. The van der Waals surface area contributed by atoms with Crippen molar-refractivity contribution < 1.29 is 9.53 Å². The van der Waals surface area contributed by atoms with Crippen molar-refractivity contribution in [2.24, 2.45) is 0 Å². The Morgan fingerprint density at radius 1 is 1.53 bits per heavy atom. The van der Waals surface area contributed by atoms with Gasteiger partial charge in [0.05, 0.1) is 0 Å². The lowest BCUT2D eigenvalue weighted by atomic mass is 10.1. The van der Waals surface area contributed by atoms with E-state index in [-0.39, 0.29) is 6.10 Å². The summed E-state index contributed by atoms with van der Waals surface area (Å²) < 4.78 is 5.13. The number of para-hydroxylation sites is 1. The summed E-state index contributed by atoms with van der Waals surface area (Å²) in [6, 6.07) is 7.70. The first-order valence-electron chi connectivity index (χ1n) is 4.78. The highest BCUT2D eigenvalue weighted by molar-refractivity contribution is 5.81. The fraction of sp³-hybridized carbons (Fsp3) is 0.250. The minimum atomic E-state index is -0.409. The van der Waals surface area contributed by atoms with Gasteiger partial charge in [-0.2, -0.15) is 0 Å². The van der Waals surface area contributed by atoms with Gasteiger partial charge in [0.2, 0.25) is 0 Å². The number of nitrogens with one attached hydrogen (secondary N) is 1. The topological polar surface area (TPSA) is 38.3 Å². The van der Waals surface area contributed by atoms with Gasteiger partial charge in [0.15, 0.2) is 0 Å². The average Bonchev–Trinajstić information content (AvgIpc) is 2.28. The molecule has 1 rings (SSSR count). The van der Waals surface area contributed by atoms with Gasteiger partial charge in [0.25, 0.3) is 0 Å². The fourth-order valence-electron chi connectivity index (χ4n) is 1.37. The summed E-state index contributed by atoms with van der Waals surface area (Å²) >= 11 is 0. The Morgan fingerprint density at radius 2 is 2.20 bits per heavy atom. The normalized spacial score (nSPS) is 11.6. The molecule has 1 unspecified atom stereocenters. The van der Waals surface area contributed by atoms with Crippen molar-refractivity contribution in [1.82, 2.24) is 0 Å². The van der Waals surface area contributed by atoms with Gasteiger partial charge in [0.1, 0.15) is 6.10 Å². The third kappa shape index (κ3) is 2.84. The maximum atomic E-state index is 11.0. The van der Waals surface area contributed by atoms with E-state index in [9.17, 15) is 4.79 Å². The van der Waals surface area contributed by atoms with E-state index in [0.29, 0.717) is 0 Å². The third-order valence-corrected chi connectivity index (χ3v) is 2.13. The Hall–Kier alpha value is -1.77. The van der Waals surface area contributed by atoms with Crippen LogP contribution in [0.2, 0.25) is 0 Å². The van der Waals surface area contributed by atoms with Crippen molar-refractivity contribution >= 4 is 11.7 Å². The molecule has 1 aromatic carbocycles. The second-order valence-electron chi connectivity index (χ2n) is 3.12. The van der Waals surface area contributed by atoms with Crippen molar-refractivity contribution in [3.05, 3.63) is 42.5 Å². The molecule has 0 heterocycles. The summed E-state index contributed by atoms with van der Waals surface area (Å²) in [5.41, 5.74) is 1.91. The van der Waals surface area contributed by atoms with Crippen molar-refractivity contribution in [3.63, 3.8) is 0 Å². The fourth-order valence-corrected chi connectivity index (χ4v) is 1.37. The predicted octanol–water partition coefficient (Wildman–Crippen LogP) is 2.52. The molecule has 0 aromatic heterocycles. The van der Waals surface area contributed by atoms with Crippen molar-refractivity contribution in [3.8, 4) is 0 Å². The Labute approximate surface area is 89.8 Å². The lowest BCUT2D eigenvalue weighted by Crippen LogP contribution is -2.07. The molecule has 15 heavy (non-hydrogen) atoms. The number of anilines is 1. The van der Waals surface area contributed by atoms with Gasteiger partial charge in [-0.1, -0.05) is 24.8 Å². The molecular weight excluding hydrogens is 190 g/mol. The van der Waals surface area contributed by atoms with E-state index in [2.05, 4.69) is 11.9 Å². The minimum Gasteiger partial charge on any atom is -0.455 e. The molecule has 1 aromatic rings. The first-order chi connectivity index (χ1) is 7.19. The second-order valence-corrected chi connectivity index (χ2v) is 3.12. The van der Waals surface area contributed by atoms with Crippen LogP contribution in [-0.4, -0.2) is 13.0 Å². The van der Waals surface area contributed by atoms with Crippen LogP contribution in [0.3, 0.4) is 0 Å². The van der Waals surface area contributed by atoms with Crippen LogP contribution < -0.4 is 5.32 Å². The number of rotatable bonds is 4. The summed E-state index contributed by atoms with van der Waals surface area (Å²) in [7, 11) is 1.83. The number of esters is 1. The monoisotopic (exact) mass is 205 g/mol. The molecule has 80 valence electrons. The summed E-state index contributed by atoms with van der Waals surface area (Å²) in [6.45, 7) is 5.19. The summed E-state index contributed by atoms with van der Waals surface area (Å²) in [4.78, 5) is 11.0. The number of hydrogen-bond donors (Lipinski definition) is 1. The van der Waals surface area contributed by atoms with Crippen LogP contribution in [0.25, 0.3) is 0 Å². The first kappa shape index (κ1) is 11.3. The maximum Gasteiger partial charge on any atom is 0.330 e. The number of carbonyl (C=O) groups is 1. The Kier molecular flexibility index (Phi) is 3.92. The van der Waals surface area contributed by atoms with Crippen LogP contribution in [0.5, 0.6) is 0 Å². The molecule has 0 amide bonds. The molecule has 0 saturated heterocycles. The maximum absolute atomic E-state index is 11.0. The van der Waals surface area contributed by atoms with Crippen molar-refractivity contribution in [2.75, 3.05) is 12.4 Å². The second kappa shape index (κ2) is 5.20. The van der Waals surface area contributed by atoms with Crippen molar-refractivity contribution in [2.45, 2.75) is 13.0 Å². The van der Waals surface area contributed by atoms with Crippen molar-refractivity contribution in [1.29, 1.82) is 0 Å². The molecule has 0 aliphatic rings. The van der Waals surface area contributed by atoms with Crippen LogP contribution >= 0.6 is 0 Å². The highest BCUT2D eigenvalue weighted by atomic mass is 16.5. The van der Waals surface area contributed by atoms with E-state index in [0.717, 1.165) is 11.3 Å².